The molecule has 0 radical (unpaired) electrons. The number of rotatable bonds is 7. The number of amides is 1. The summed E-state index contributed by atoms with van der Waals surface area (Å²) in [4.78, 5) is 28.5. The quantitative estimate of drug-likeness (QED) is 0.478. The van der Waals surface area contributed by atoms with Gasteiger partial charge < -0.3 is 19.3 Å². The topological polar surface area (TPSA) is 76.9 Å². The monoisotopic (exact) mass is 482 g/mol. The number of para-hydroxylation sites is 1. The maximum atomic E-state index is 12.4. The molecule has 0 spiro atoms. The zero-order valence-corrected chi connectivity index (χ0v) is 20.0. The van der Waals surface area contributed by atoms with Crippen molar-refractivity contribution in [2.24, 2.45) is 0 Å². The summed E-state index contributed by atoms with van der Waals surface area (Å²) < 4.78 is 11.8. The van der Waals surface area contributed by atoms with Crippen LogP contribution in [0, 0.1) is 0 Å². The average molecular weight is 483 g/mol. The third kappa shape index (κ3) is 5.08. The van der Waals surface area contributed by atoms with Crippen molar-refractivity contribution in [2.45, 2.75) is 6.92 Å². The SMILES string of the molecule is CCOC(=O)c1cc(-c2ccc(N3CCN(C(=O)COC)CC3)cc2)n(-c2ccccc2Cl)n1. The van der Waals surface area contributed by atoms with E-state index in [1.807, 2.05) is 47.4 Å². The number of ether oxygens (including phenoxy) is 2. The van der Waals surface area contributed by atoms with Gasteiger partial charge >= 0.3 is 5.97 Å². The Morgan fingerprint density at radius 3 is 2.38 bits per heavy atom. The van der Waals surface area contributed by atoms with Crippen LogP contribution in [0.2, 0.25) is 5.02 Å². The van der Waals surface area contributed by atoms with Crippen molar-refractivity contribution in [3.8, 4) is 16.9 Å². The van der Waals surface area contributed by atoms with Crippen LogP contribution in [-0.4, -0.2) is 73.1 Å². The molecular weight excluding hydrogens is 456 g/mol. The summed E-state index contributed by atoms with van der Waals surface area (Å²) in [5.41, 5.74) is 3.59. The van der Waals surface area contributed by atoms with E-state index in [4.69, 9.17) is 21.1 Å². The summed E-state index contributed by atoms with van der Waals surface area (Å²) in [6, 6.07) is 17.1. The molecule has 0 unspecified atom stereocenters. The van der Waals surface area contributed by atoms with Gasteiger partial charge in [0.2, 0.25) is 5.91 Å². The van der Waals surface area contributed by atoms with Crippen molar-refractivity contribution in [3.63, 3.8) is 0 Å². The highest BCUT2D eigenvalue weighted by Crippen LogP contribution is 2.30. The second-order valence-corrected chi connectivity index (χ2v) is 8.25. The van der Waals surface area contributed by atoms with Gasteiger partial charge in [-0.05, 0) is 37.3 Å². The van der Waals surface area contributed by atoms with E-state index in [9.17, 15) is 9.59 Å². The maximum absolute atomic E-state index is 12.4. The Hall–Kier alpha value is -3.36. The van der Waals surface area contributed by atoms with Gasteiger partial charge in [-0.2, -0.15) is 5.10 Å². The Balaban J connectivity index is 1.58. The summed E-state index contributed by atoms with van der Waals surface area (Å²) in [7, 11) is 1.53. The van der Waals surface area contributed by atoms with Gasteiger partial charge in [0.05, 0.1) is 23.0 Å². The lowest BCUT2D eigenvalue weighted by atomic mass is 10.1. The summed E-state index contributed by atoms with van der Waals surface area (Å²) in [5.74, 6) is -0.463. The van der Waals surface area contributed by atoms with Crippen molar-refractivity contribution < 1.29 is 19.1 Å². The number of esters is 1. The van der Waals surface area contributed by atoms with Gasteiger partial charge in [0, 0.05) is 44.5 Å². The van der Waals surface area contributed by atoms with Crippen LogP contribution in [0.15, 0.2) is 54.6 Å². The summed E-state index contributed by atoms with van der Waals surface area (Å²) in [6.45, 7) is 4.96. The number of benzene rings is 2. The van der Waals surface area contributed by atoms with Crippen molar-refractivity contribution in [2.75, 3.05) is 51.4 Å². The second kappa shape index (κ2) is 10.7. The van der Waals surface area contributed by atoms with Crippen LogP contribution < -0.4 is 4.90 Å². The summed E-state index contributed by atoms with van der Waals surface area (Å²) in [6.07, 6.45) is 0. The Bertz CT molecular complexity index is 1150. The van der Waals surface area contributed by atoms with Crippen LogP contribution in [0.25, 0.3) is 16.9 Å². The first-order valence-corrected chi connectivity index (χ1v) is 11.5. The van der Waals surface area contributed by atoms with Gasteiger partial charge in [-0.15, -0.1) is 0 Å². The summed E-state index contributed by atoms with van der Waals surface area (Å²) >= 11 is 6.43. The number of carbonyl (C=O) groups excluding carboxylic acids is 2. The molecule has 0 aliphatic carbocycles. The van der Waals surface area contributed by atoms with Crippen molar-refractivity contribution in [1.82, 2.24) is 14.7 Å². The Morgan fingerprint density at radius 1 is 1.03 bits per heavy atom. The Kier molecular flexibility index (Phi) is 7.49. The minimum Gasteiger partial charge on any atom is -0.461 e. The van der Waals surface area contributed by atoms with E-state index in [0.29, 0.717) is 23.8 Å². The highest BCUT2D eigenvalue weighted by atomic mass is 35.5. The number of piperazine rings is 1. The van der Waals surface area contributed by atoms with Crippen molar-refractivity contribution in [1.29, 1.82) is 0 Å². The molecule has 1 aliphatic heterocycles. The van der Waals surface area contributed by atoms with E-state index in [1.165, 1.54) is 7.11 Å². The first kappa shape index (κ1) is 23.8. The van der Waals surface area contributed by atoms with Crippen LogP contribution in [-0.2, 0) is 14.3 Å². The highest BCUT2D eigenvalue weighted by Gasteiger charge is 2.22. The van der Waals surface area contributed by atoms with Gasteiger partial charge in [0.1, 0.15) is 6.61 Å². The molecule has 9 heteroatoms. The number of anilines is 1. The molecule has 34 heavy (non-hydrogen) atoms. The summed E-state index contributed by atoms with van der Waals surface area (Å²) in [5, 5.41) is 5.02. The fraction of sp³-hybridized carbons (Fsp3) is 0.320. The van der Waals surface area contributed by atoms with E-state index in [1.54, 1.807) is 23.7 Å². The molecule has 1 aliphatic rings. The first-order valence-electron chi connectivity index (χ1n) is 11.2. The standard InChI is InChI=1S/C25H27ClN4O4/c1-3-34-25(32)21-16-23(30(27-21)22-7-5-4-6-20(22)26)18-8-10-19(11-9-18)28-12-14-29(15-13-28)24(31)17-33-2/h4-11,16H,3,12-15,17H2,1-2H3. The largest absolute Gasteiger partial charge is 0.461 e. The smallest absolute Gasteiger partial charge is 0.358 e. The fourth-order valence-electron chi connectivity index (χ4n) is 3.97. The predicted molar refractivity (Wildman–Crippen MR) is 131 cm³/mol. The Morgan fingerprint density at radius 2 is 1.74 bits per heavy atom. The van der Waals surface area contributed by atoms with Crippen LogP contribution in [0.5, 0.6) is 0 Å². The molecule has 2 heterocycles. The molecule has 0 atom stereocenters. The highest BCUT2D eigenvalue weighted by molar-refractivity contribution is 6.32. The molecule has 1 aromatic heterocycles. The van der Waals surface area contributed by atoms with Gasteiger partial charge in [0.25, 0.3) is 0 Å². The fourth-order valence-corrected chi connectivity index (χ4v) is 4.19. The van der Waals surface area contributed by atoms with E-state index in [0.717, 1.165) is 30.0 Å². The molecule has 4 rings (SSSR count). The molecule has 8 nitrogen and oxygen atoms in total. The average Bonchev–Trinajstić information content (AvgIpc) is 3.30. The van der Waals surface area contributed by atoms with Crippen LogP contribution in [0.1, 0.15) is 17.4 Å². The molecule has 2 aromatic carbocycles. The minimum atomic E-state index is -0.480. The number of aromatic nitrogens is 2. The van der Waals surface area contributed by atoms with E-state index >= 15 is 0 Å². The van der Waals surface area contributed by atoms with E-state index in [2.05, 4.69) is 10.00 Å². The minimum absolute atomic E-state index is 0.0164. The van der Waals surface area contributed by atoms with Crippen LogP contribution in [0.4, 0.5) is 5.69 Å². The lowest BCUT2D eigenvalue weighted by Crippen LogP contribution is -2.49. The number of halogens is 1. The van der Waals surface area contributed by atoms with Crippen LogP contribution in [0.3, 0.4) is 0 Å². The molecule has 1 amide bonds. The predicted octanol–water partition coefficient (Wildman–Crippen LogP) is 3.66. The van der Waals surface area contributed by atoms with Crippen molar-refractivity contribution in [3.05, 3.63) is 65.3 Å². The third-order valence-corrected chi connectivity index (χ3v) is 6.02. The normalized spacial score (nSPS) is 13.7. The zero-order chi connectivity index (χ0) is 24.1. The second-order valence-electron chi connectivity index (χ2n) is 7.85. The lowest BCUT2D eigenvalue weighted by molar-refractivity contribution is -0.135. The molecule has 0 N–H and O–H groups in total. The third-order valence-electron chi connectivity index (χ3n) is 5.70. The van der Waals surface area contributed by atoms with E-state index < -0.39 is 5.97 Å². The Labute approximate surface area is 203 Å². The maximum Gasteiger partial charge on any atom is 0.358 e. The first-order chi connectivity index (χ1) is 16.5. The number of hydrogen-bond acceptors (Lipinski definition) is 6. The van der Waals surface area contributed by atoms with Gasteiger partial charge in [-0.3, -0.25) is 4.79 Å². The van der Waals surface area contributed by atoms with E-state index in [-0.39, 0.29) is 24.8 Å². The molecule has 1 fully saturated rings. The molecule has 0 bridgehead atoms. The molecule has 178 valence electrons. The lowest BCUT2D eigenvalue weighted by Gasteiger charge is -2.36. The molecular formula is C25H27ClN4O4. The van der Waals surface area contributed by atoms with Crippen LogP contribution >= 0.6 is 11.6 Å². The van der Waals surface area contributed by atoms with Gasteiger partial charge in [0.15, 0.2) is 5.69 Å². The molecule has 3 aromatic rings. The number of hydrogen-bond donors (Lipinski definition) is 0. The zero-order valence-electron chi connectivity index (χ0n) is 19.2. The number of nitrogens with zero attached hydrogens (tertiary/aromatic N) is 4. The number of methoxy groups -OCH3 is 1. The number of carbonyl (C=O) groups is 2. The molecule has 0 saturated carbocycles. The van der Waals surface area contributed by atoms with Gasteiger partial charge in [-0.1, -0.05) is 35.9 Å². The van der Waals surface area contributed by atoms with Crippen molar-refractivity contribution >= 4 is 29.2 Å². The molecule has 1 saturated heterocycles. The van der Waals surface area contributed by atoms with Gasteiger partial charge in [-0.25, -0.2) is 9.48 Å².